The summed E-state index contributed by atoms with van der Waals surface area (Å²) >= 11 is 5.61. The highest BCUT2D eigenvalue weighted by atomic mass is 35.5. The number of anilines is 1. The lowest BCUT2D eigenvalue weighted by Gasteiger charge is -2.32. The van der Waals surface area contributed by atoms with E-state index in [1.54, 1.807) is 18.3 Å². The predicted octanol–water partition coefficient (Wildman–Crippen LogP) is 3.54. The SMILES string of the molecule is O=C(Cl)c1cccnc1NC1CCN(Cc2ccccc2)CC1. The van der Waals surface area contributed by atoms with Crippen LogP contribution in [-0.4, -0.2) is 34.3 Å². The Labute approximate surface area is 141 Å². The molecule has 5 heteroatoms. The van der Waals surface area contributed by atoms with E-state index in [1.165, 1.54) is 5.56 Å². The maximum absolute atomic E-state index is 11.4. The Hall–Kier alpha value is -1.91. The summed E-state index contributed by atoms with van der Waals surface area (Å²) in [6, 6.07) is 14.3. The number of benzene rings is 1. The van der Waals surface area contributed by atoms with E-state index in [-0.39, 0.29) is 0 Å². The number of hydrogen-bond acceptors (Lipinski definition) is 4. The summed E-state index contributed by atoms with van der Waals surface area (Å²) in [7, 11) is 0. The second-order valence-electron chi connectivity index (χ2n) is 5.85. The van der Waals surface area contributed by atoms with Crippen LogP contribution in [0.4, 0.5) is 5.82 Å². The van der Waals surface area contributed by atoms with Gasteiger partial charge in [0.25, 0.3) is 5.24 Å². The second-order valence-corrected chi connectivity index (χ2v) is 6.20. The van der Waals surface area contributed by atoms with Crippen molar-refractivity contribution in [1.29, 1.82) is 0 Å². The minimum absolute atomic E-state index is 0.326. The average molecular weight is 330 g/mol. The van der Waals surface area contributed by atoms with Crippen LogP contribution < -0.4 is 5.32 Å². The molecule has 1 aromatic heterocycles. The fraction of sp³-hybridized carbons (Fsp3) is 0.333. The van der Waals surface area contributed by atoms with Gasteiger partial charge in [-0.15, -0.1) is 0 Å². The van der Waals surface area contributed by atoms with Crippen molar-refractivity contribution >= 4 is 22.7 Å². The Morgan fingerprint density at radius 1 is 1.17 bits per heavy atom. The quantitative estimate of drug-likeness (QED) is 0.852. The van der Waals surface area contributed by atoms with Crippen LogP contribution in [0.25, 0.3) is 0 Å². The molecule has 1 aromatic carbocycles. The Balaban J connectivity index is 1.54. The first-order valence-corrected chi connectivity index (χ1v) is 8.28. The Bertz CT molecular complexity index is 654. The molecule has 0 radical (unpaired) electrons. The summed E-state index contributed by atoms with van der Waals surface area (Å²) in [5.74, 6) is 0.592. The highest BCUT2D eigenvalue weighted by molar-refractivity contribution is 6.68. The number of aromatic nitrogens is 1. The van der Waals surface area contributed by atoms with Gasteiger partial charge < -0.3 is 5.32 Å². The summed E-state index contributed by atoms with van der Waals surface area (Å²) in [5.41, 5.74) is 1.79. The van der Waals surface area contributed by atoms with Crippen LogP contribution in [0.15, 0.2) is 48.7 Å². The molecule has 1 saturated heterocycles. The standard InChI is InChI=1S/C18H20ClN3O/c19-17(23)16-7-4-10-20-18(16)21-15-8-11-22(12-9-15)13-14-5-2-1-3-6-14/h1-7,10,15H,8-9,11-13H2,(H,20,21). The normalized spacial score (nSPS) is 16.2. The van der Waals surface area contributed by atoms with Gasteiger partial charge in [-0.1, -0.05) is 30.3 Å². The van der Waals surface area contributed by atoms with E-state index in [2.05, 4.69) is 39.5 Å². The number of halogens is 1. The zero-order chi connectivity index (χ0) is 16.1. The Morgan fingerprint density at radius 2 is 1.91 bits per heavy atom. The van der Waals surface area contributed by atoms with Gasteiger partial charge in [0.15, 0.2) is 0 Å². The van der Waals surface area contributed by atoms with Crippen molar-refractivity contribution in [3.8, 4) is 0 Å². The molecule has 0 amide bonds. The first-order valence-electron chi connectivity index (χ1n) is 7.90. The van der Waals surface area contributed by atoms with Gasteiger partial charge in [-0.3, -0.25) is 9.69 Å². The van der Waals surface area contributed by atoms with Crippen LogP contribution in [0.3, 0.4) is 0 Å². The van der Waals surface area contributed by atoms with Crippen LogP contribution in [-0.2, 0) is 6.54 Å². The number of piperidine rings is 1. The number of carbonyl (C=O) groups excluding carboxylic acids is 1. The van der Waals surface area contributed by atoms with Gasteiger partial charge in [-0.05, 0) is 42.1 Å². The molecule has 1 aliphatic heterocycles. The molecule has 2 aromatic rings. The number of pyridine rings is 1. The zero-order valence-electron chi connectivity index (χ0n) is 12.9. The Morgan fingerprint density at radius 3 is 2.61 bits per heavy atom. The van der Waals surface area contributed by atoms with Gasteiger partial charge in [-0.2, -0.15) is 0 Å². The fourth-order valence-corrected chi connectivity index (χ4v) is 3.10. The highest BCUT2D eigenvalue weighted by Gasteiger charge is 2.21. The second kappa shape index (κ2) is 7.57. The summed E-state index contributed by atoms with van der Waals surface area (Å²) in [5, 5.41) is 2.90. The maximum Gasteiger partial charge on any atom is 0.256 e. The molecule has 2 heterocycles. The molecule has 4 nitrogen and oxygen atoms in total. The molecule has 0 saturated carbocycles. The molecule has 0 unspecified atom stereocenters. The summed E-state index contributed by atoms with van der Waals surface area (Å²) in [6.45, 7) is 3.05. The molecule has 3 rings (SSSR count). The summed E-state index contributed by atoms with van der Waals surface area (Å²) < 4.78 is 0. The number of carbonyl (C=O) groups is 1. The van der Waals surface area contributed by atoms with E-state index in [1.807, 2.05) is 6.07 Å². The lowest BCUT2D eigenvalue weighted by Crippen LogP contribution is -2.39. The molecule has 1 fully saturated rings. The van der Waals surface area contributed by atoms with Crippen molar-refractivity contribution in [3.05, 3.63) is 59.8 Å². The molecular formula is C18H20ClN3O. The number of rotatable bonds is 5. The topological polar surface area (TPSA) is 45.2 Å². The van der Waals surface area contributed by atoms with Gasteiger partial charge in [-0.25, -0.2) is 4.98 Å². The van der Waals surface area contributed by atoms with Gasteiger partial charge in [0.05, 0.1) is 5.56 Å². The minimum atomic E-state index is -0.470. The third-order valence-electron chi connectivity index (χ3n) is 4.20. The smallest absolute Gasteiger partial charge is 0.256 e. The minimum Gasteiger partial charge on any atom is -0.367 e. The van der Waals surface area contributed by atoms with Gasteiger partial charge >= 0.3 is 0 Å². The molecule has 120 valence electrons. The van der Waals surface area contributed by atoms with Crippen LogP contribution in [0, 0.1) is 0 Å². The van der Waals surface area contributed by atoms with Crippen molar-refractivity contribution in [2.75, 3.05) is 18.4 Å². The van der Waals surface area contributed by atoms with Crippen molar-refractivity contribution < 1.29 is 4.79 Å². The molecule has 0 aliphatic carbocycles. The van der Waals surface area contributed by atoms with Gasteiger partial charge in [0.1, 0.15) is 5.82 Å². The molecule has 0 spiro atoms. The molecule has 1 aliphatic rings. The van der Waals surface area contributed by atoms with Crippen molar-refractivity contribution in [3.63, 3.8) is 0 Å². The van der Waals surface area contributed by atoms with Gasteiger partial charge in [0.2, 0.25) is 0 Å². The largest absolute Gasteiger partial charge is 0.367 e. The average Bonchev–Trinajstić information content (AvgIpc) is 2.58. The number of nitrogens with zero attached hydrogens (tertiary/aromatic N) is 2. The third-order valence-corrected chi connectivity index (χ3v) is 4.40. The lowest BCUT2D eigenvalue weighted by molar-refractivity contribution is 0.108. The predicted molar refractivity (Wildman–Crippen MR) is 92.8 cm³/mol. The third kappa shape index (κ3) is 4.30. The van der Waals surface area contributed by atoms with Crippen LogP contribution in [0.2, 0.25) is 0 Å². The first kappa shape index (κ1) is 16.0. The van der Waals surface area contributed by atoms with E-state index < -0.39 is 5.24 Å². The number of nitrogens with one attached hydrogen (secondary N) is 1. The van der Waals surface area contributed by atoms with Crippen molar-refractivity contribution in [2.24, 2.45) is 0 Å². The van der Waals surface area contributed by atoms with E-state index in [9.17, 15) is 4.79 Å². The lowest BCUT2D eigenvalue weighted by atomic mass is 10.0. The maximum atomic E-state index is 11.4. The molecular weight excluding hydrogens is 310 g/mol. The van der Waals surface area contributed by atoms with Crippen molar-refractivity contribution in [1.82, 2.24) is 9.88 Å². The summed E-state index contributed by atoms with van der Waals surface area (Å²) in [6.07, 6.45) is 3.73. The van der Waals surface area contributed by atoms with Gasteiger partial charge in [0, 0.05) is 31.9 Å². The fourth-order valence-electron chi connectivity index (χ4n) is 2.95. The molecule has 0 bridgehead atoms. The molecule has 0 atom stereocenters. The van der Waals surface area contributed by atoms with E-state index in [0.29, 0.717) is 17.4 Å². The van der Waals surface area contributed by atoms with E-state index >= 15 is 0 Å². The molecule has 23 heavy (non-hydrogen) atoms. The molecule has 1 N–H and O–H groups in total. The first-order chi connectivity index (χ1) is 11.2. The number of likely N-dealkylation sites (tertiary alicyclic amines) is 1. The number of hydrogen-bond donors (Lipinski definition) is 1. The Kier molecular flexibility index (Phi) is 5.26. The van der Waals surface area contributed by atoms with Crippen LogP contribution in [0.5, 0.6) is 0 Å². The highest BCUT2D eigenvalue weighted by Crippen LogP contribution is 2.20. The van der Waals surface area contributed by atoms with E-state index in [4.69, 9.17) is 11.6 Å². The zero-order valence-corrected chi connectivity index (χ0v) is 13.7. The van der Waals surface area contributed by atoms with Crippen molar-refractivity contribution in [2.45, 2.75) is 25.4 Å². The van der Waals surface area contributed by atoms with Crippen LogP contribution in [0.1, 0.15) is 28.8 Å². The monoisotopic (exact) mass is 329 g/mol. The van der Waals surface area contributed by atoms with Crippen LogP contribution >= 0.6 is 11.6 Å². The summed E-state index contributed by atoms with van der Waals surface area (Å²) in [4.78, 5) is 18.1. The van der Waals surface area contributed by atoms with E-state index in [0.717, 1.165) is 32.5 Å².